The number of benzene rings is 2. The van der Waals surface area contributed by atoms with Gasteiger partial charge in [0.1, 0.15) is 5.75 Å². The molecule has 0 aromatic heterocycles. The normalized spacial score (nSPS) is 10.3. The van der Waals surface area contributed by atoms with E-state index in [-0.39, 0.29) is 6.03 Å². The Kier molecular flexibility index (Phi) is 5.63. The fourth-order valence-corrected chi connectivity index (χ4v) is 2.59. The summed E-state index contributed by atoms with van der Waals surface area (Å²) in [6.07, 6.45) is 1.74. The summed E-state index contributed by atoms with van der Waals surface area (Å²) in [5, 5.41) is 5.87. The topological polar surface area (TPSA) is 50.4 Å². The second-order valence-corrected chi connectivity index (χ2v) is 5.44. The second-order valence-electron chi connectivity index (χ2n) is 5.44. The van der Waals surface area contributed by atoms with E-state index in [1.54, 1.807) is 7.11 Å². The first-order valence-corrected chi connectivity index (χ1v) is 7.92. The Balaban J connectivity index is 2.22. The minimum atomic E-state index is -0.260. The van der Waals surface area contributed by atoms with Crippen molar-refractivity contribution in [3.63, 3.8) is 0 Å². The van der Waals surface area contributed by atoms with E-state index in [9.17, 15) is 4.79 Å². The molecule has 2 aromatic rings. The number of carbonyl (C=O) groups is 1. The van der Waals surface area contributed by atoms with Crippen molar-refractivity contribution >= 4 is 17.4 Å². The Labute approximate surface area is 137 Å². The van der Waals surface area contributed by atoms with Gasteiger partial charge in [0.2, 0.25) is 0 Å². The van der Waals surface area contributed by atoms with Crippen molar-refractivity contribution in [3.8, 4) is 5.75 Å². The Morgan fingerprint density at radius 2 is 1.70 bits per heavy atom. The van der Waals surface area contributed by atoms with E-state index in [1.807, 2.05) is 43.3 Å². The van der Waals surface area contributed by atoms with Gasteiger partial charge < -0.3 is 15.4 Å². The van der Waals surface area contributed by atoms with Gasteiger partial charge in [-0.15, -0.1) is 0 Å². The van der Waals surface area contributed by atoms with Crippen molar-refractivity contribution in [2.45, 2.75) is 33.6 Å². The maximum absolute atomic E-state index is 12.4. The van der Waals surface area contributed by atoms with Crippen LogP contribution in [0.4, 0.5) is 16.2 Å². The van der Waals surface area contributed by atoms with Crippen LogP contribution in [0, 0.1) is 6.92 Å². The minimum absolute atomic E-state index is 0.260. The number of hydrogen-bond acceptors (Lipinski definition) is 2. The Bertz CT molecular complexity index is 674. The molecule has 2 N–H and O–H groups in total. The highest BCUT2D eigenvalue weighted by atomic mass is 16.5. The van der Waals surface area contributed by atoms with Crippen molar-refractivity contribution in [2.75, 3.05) is 17.7 Å². The number of nitrogens with one attached hydrogen (secondary N) is 2. The van der Waals surface area contributed by atoms with Crippen LogP contribution in [0.15, 0.2) is 36.4 Å². The van der Waals surface area contributed by atoms with Crippen molar-refractivity contribution < 1.29 is 9.53 Å². The molecule has 4 heteroatoms. The van der Waals surface area contributed by atoms with Gasteiger partial charge >= 0.3 is 6.03 Å². The molecule has 0 atom stereocenters. The zero-order valence-electron chi connectivity index (χ0n) is 14.2. The lowest BCUT2D eigenvalue weighted by Crippen LogP contribution is -2.21. The first kappa shape index (κ1) is 16.9. The molecule has 122 valence electrons. The predicted molar refractivity (Wildman–Crippen MR) is 95.6 cm³/mol. The van der Waals surface area contributed by atoms with Crippen LogP contribution in [0.1, 0.15) is 30.5 Å². The first-order valence-electron chi connectivity index (χ1n) is 7.92. The molecule has 0 fully saturated rings. The molecule has 23 heavy (non-hydrogen) atoms. The third kappa shape index (κ3) is 4.03. The molecular weight excluding hydrogens is 288 g/mol. The van der Waals surface area contributed by atoms with Crippen LogP contribution in [0.25, 0.3) is 0 Å². The predicted octanol–water partition coefficient (Wildman–Crippen LogP) is 4.77. The Morgan fingerprint density at radius 3 is 2.26 bits per heavy atom. The van der Waals surface area contributed by atoms with E-state index < -0.39 is 0 Å². The molecule has 0 unspecified atom stereocenters. The van der Waals surface area contributed by atoms with Crippen LogP contribution in [-0.2, 0) is 12.8 Å². The number of para-hydroxylation sites is 1. The molecule has 0 radical (unpaired) electrons. The number of anilines is 2. The fraction of sp³-hybridized carbons (Fsp3) is 0.316. The summed E-state index contributed by atoms with van der Waals surface area (Å²) >= 11 is 0. The van der Waals surface area contributed by atoms with Crippen LogP contribution in [0.5, 0.6) is 5.75 Å². The molecule has 2 aromatic carbocycles. The maximum atomic E-state index is 12.4. The van der Waals surface area contributed by atoms with E-state index in [1.165, 1.54) is 0 Å². The SMILES string of the molecule is CCc1cccc(CC)c1NC(=O)Nc1cc(C)ccc1OC. The van der Waals surface area contributed by atoms with Gasteiger partial charge in [0.25, 0.3) is 0 Å². The number of amides is 2. The molecule has 0 aliphatic rings. The molecule has 0 spiro atoms. The van der Waals surface area contributed by atoms with Gasteiger partial charge in [-0.2, -0.15) is 0 Å². The van der Waals surface area contributed by atoms with Gasteiger partial charge in [-0.1, -0.05) is 38.1 Å². The van der Waals surface area contributed by atoms with Gasteiger partial charge in [0.05, 0.1) is 12.8 Å². The van der Waals surface area contributed by atoms with E-state index in [0.717, 1.165) is 35.2 Å². The highest BCUT2D eigenvalue weighted by molar-refractivity contribution is 6.01. The smallest absolute Gasteiger partial charge is 0.323 e. The zero-order valence-corrected chi connectivity index (χ0v) is 14.2. The number of urea groups is 1. The summed E-state index contributed by atoms with van der Waals surface area (Å²) in [6.45, 7) is 6.15. The largest absolute Gasteiger partial charge is 0.495 e. The molecule has 0 saturated heterocycles. The zero-order chi connectivity index (χ0) is 16.8. The molecule has 2 rings (SSSR count). The Morgan fingerprint density at radius 1 is 1.04 bits per heavy atom. The van der Waals surface area contributed by atoms with Gasteiger partial charge in [-0.25, -0.2) is 4.79 Å². The fourth-order valence-electron chi connectivity index (χ4n) is 2.59. The van der Waals surface area contributed by atoms with Crippen LogP contribution >= 0.6 is 0 Å². The quantitative estimate of drug-likeness (QED) is 0.835. The van der Waals surface area contributed by atoms with Crippen LogP contribution in [-0.4, -0.2) is 13.1 Å². The summed E-state index contributed by atoms with van der Waals surface area (Å²) in [5.74, 6) is 0.644. The number of aryl methyl sites for hydroxylation is 3. The van der Waals surface area contributed by atoms with E-state index >= 15 is 0 Å². The van der Waals surface area contributed by atoms with Crippen LogP contribution in [0.2, 0.25) is 0 Å². The first-order chi connectivity index (χ1) is 11.1. The van der Waals surface area contributed by atoms with Crippen LogP contribution < -0.4 is 15.4 Å². The lowest BCUT2D eigenvalue weighted by Gasteiger charge is -2.16. The molecule has 4 nitrogen and oxygen atoms in total. The average molecular weight is 312 g/mol. The summed E-state index contributed by atoms with van der Waals surface area (Å²) in [6, 6.07) is 11.6. The van der Waals surface area contributed by atoms with Gasteiger partial charge in [-0.05, 0) is 48.6 Å². The standard InChI is InChI=1S/C19H24N2O2/c1-5-14-8-7-9-15(6-2)18(14)21-19(22)20-16-12-13(3)10-11-17(16)23-4/h7-12H,5-6H2,1-4H3,(H2,20,21,22). The molecule has 0 bridgehead atoms. The molecule has 0 heterocycles. The number of ether oxygens (including phenoxy) is 1. The molecule has 0 saturated carbocycles. The summed E-state index contributed by atoms with van der Waals surface area (Å²) in [5.41, 5.74) is 4.90. The van der Waals surface area contributed by atoms with Crippen molar-refractivity contribution in [1.82, 2.24) is 0 Å². The van der Waals surface area contributed by atoms with Gasteiger partial charge in [0, 0.05) is 5.69 Å². The summed E-state index contributed by atoms with van der Waals surface area (Å²) in [7, 11) is 1.59. The molecule has 2 amide bonds. The lowest BCUT2D eigenvalue weighted by atomic mass is 10.0. The van der Waals surface area contributed by atoms with Crippen molar-refractivity contribution in [2.24, 2.45) is 0 Å². The van der Waals surface area contributed by atoms with Crippen LogP contribution in [0.3, 0.4) is 0 Å². The molecule has 0 aliphatic carbocycles. The van der Waals surface area contributed by atoms with Crippen molar-refractivity contribution in [1.29, 1.82) is 0 Å². The lowest BCUT2D eigenvalue weighted by molar-refractivity contribution is 0.262. The average Bonchev–Trinajstić information content (AvgIpc) is 2.55. The van der Waals surface area contributed by atoms with Crippen molar-refractivity contribution in [3.05, 3.63) is 53.1 Å². The Hall–Kier alpha value is -2.49. The molecular formula is C19H24N2O2. The van der Waals surface area contributed by atoms with E-state index in [4.69, 9.17) is 4.74 Å². The monoisotopic (exact) mass is 312 g/mol. The third-order valence-electron chi connectivity index (χ3n) is 3.84. The highest BCUT2D eigenvalue weighted by Crippen LogP contribution is 2.26. The number of hydrogen-bond donors (Lipinski definition) is 2. The number of carbonyl (C=O) groups excluding carboxylic acids is 1. The van der Waals surface area contributed by atoms with E-state index in [2.05, 4.69) is 24.5 Å². The third-order valence-corrected chi connectivity index (χ3v) is 3.84. The molecule has 0 aliphatic heterocycles. The minimum Gasteiger partial charge on any atom is -0.495 e. The highest BCUT2D eigenvalue weighted by Gasteiger charge is 2.12. The van der Waals surface area contributed by atoms with Gasteiger partial charge in [-0.3, -0.25) is 0 Å². The summed E-state index contributed by atoms with van der Waals surface area (Å²) in [4.78, 5) is 12.4. The number of rotatable bonds is 5. The maximum Gasteiger partial charge on any atom is 0.323 e. The van der Waals surface area contributed by atoms with Gasteiger partial charge in [0.15, 0.2) is 0 Å². The van der Waals surface area contributed by atoms with E-state index in [0.29, 0.717) is 11.4 Å². The summed E-state index contributed by atoms with van der Waals surface area (Å²) < 4.78 is 5.30. The number of methoxy groups -OCH3 is 1. The second kappa shape index (κ2) is 7.68.